The first-order valence-corrected chi connectivity index (χ1v) is 14.8. The summed E-state index contributed by atoms with van der Waals surface area (Å²) >= 11 is 0. The Bertz CT molecular complexity index is 1910. The first-order chi connectivity index (χ1) is 21.5. The summed E-state index contributed by atoms with van der Waals surface area (Å²) in [7, 11) is 0. The highest BCUT2D eigenvalue weighted by molar-refractivity contribution is 6.04. The van der Waals surface area contributed by atoms with Gasteiger partial charge in [0.1, 0.15) is 0 Å². The van der Waals surface area contributed by atoms with Gasteiger partial charge >= 0.3 is 0 Å². The summed E-state index contributed by atoms with van der Waals surface area (Å²) in [5.74, 6) is 0. The number of rotatable bonds is 8. The van der Waals surface area contributed by atoms with Gasteiger partial charge in [0.05, 0.1) is 5.70 Å². The molecule has 2 N–H and O–H groups in total. The third-order valence-corrected chi connectivity index (χ3v) is 7.69. The lowest BCUT2D eigenvalue weighted by molar-refractivity contribution is 1.46. The van der Waals surface area contributed by atoms with Crippen LogP contribution in [-0.4, -0.2) is 5.71 Å². The molecular formula is C42H34N2. The van der Waals surface area contributed by atoms with Gasteiger partial charge < -0.3 is 5.73 Å². The molecule has 0 radical (unpaired) electrons. The first-order valence-electron chi connectivity index (χ1n) is 14.8. The topological polar surface area (TPSA) is 38.4 Å². The molecule has 212 valence electrons. The fourth-order valence-electron chi connectivity index (χ4n) is 5.33. The van der Waals surface area contributed by atoms with Crippen molar-refractivity contribution in [3.8, 4) is 33.4 Å². The van der Waals surface area contributed by atoms with Crippen molar-refractivity contribution in [3.05, 3.63) is 187 Å². The Morgan fingerprint density at radius 3 is 1.57 bits per heavy atom. The Balaban J connectivity index is 1.49. The molecule has 0 aliphatic rings. The van der Waals surface area contributed by atoms with Crippen molar-refractivity contribution in [1.82, 2.24) is 0 Å². The average molecular weight is 567 g/mol. The predicted octanol–water partition coefficient (Wildman–Crippen LogP) is 10.8. The standard InChI is InChI=1S/C42H34N2/c1-30(32-14-6-3-7-15-32)24-42(37-22-12-20-35(25-37)36-21-13-23-41(43)29-36)44-31(2)38-26-39(33-16-8-4-9-17-33)28-40(27-38)34-18-10-5-11-19-34/h3-29H,1,43H2,2H3/b42-24-,44-31?. The maximum absolute atomic E-state index is 6.12. The maximum atomic E-state index is 6.12. The zero-order valence-corrected chi connectivity index (χ0v) is 24.8. The molecule has 0 saturated carbocycles. The van der Waals surface area contributed by atoms with Crippen LogP contribution < -0.4 is 5.73 Å². The number of allylic oxidation sites excluding steroid dienone is 2. The van der Waals surface area contributed by atoms with Gasteiger partial charge in [0.25, 0.3) is 0 Å². The van der Waals surface area contributed by atoms with E-state index in [4.69, 9.17) is 10.7 Å². The minimum Gasteiger partial charge on any atom is -0.399 e. The van der Waals surface area contributed by atoms with Gasteiger partial charge in [0, 0.05) is 17.0 Å². The molecule has 0 bridgehead atoms. The molecule has 6 rings (SSSR count). The highest BCUT2D eigenvalue weighted by Crippen LogP contribution is 2.31. The second-order valence-corrected chi connectivity index (χ2v) is 10.9. The molecule has 0 fully saturated rings. The van der Waals surface area contributed by atoms with Crippen LogP contribution >= 0.6 is 0 Å². The number of hydrogen-bond acceptors (Lipinski definition) is 2. The Labute approximate surface area is 260 Å². The lowest BCUT2D eigenvalue weighted by Gasteiger charge is -2.13. The number of aliphatic imine (C=N–C) groups is 1. The van der Waals surface area contributed by atoms with E-state index >= 15 is 0 Å². The van der Waals surface area contributed by atoms with Gasteiger partial charge in [0.15, 0.2) is 0 Å². The Morgan fingerprint density at radius 2 is 0.977 bits per heavy atom. The number of nitrogens with two attached hydrogens (primary N) is 1. The Morgan fingerprint density at radius 1 is 0.500 bits per heavy atom. The van der Waals surface area contributed by atoms with Crippen molar-refractivity contribution >= 4 is 22.7 Å². The number of nitrogens with zero attached hydrogens (tertiary/aromatic N) is 1. The summed E-state index contributed by atoms with van der Waals surface area (Å²) in [6.07, 6.45) is 2.08. The van der Waals surface area contributed by atoms with Crippen molar-refractivity contribution in [1.29, 1.82) is 0 Å². The van der Waals surface area contributed by atoms with Gasteiger partial charge in [-0.1, -0.05) is 128 Å². The van der Waals surface area contributed by atoms with Gasteiger partial charge in [0.2, 0.25) is 0 Å². The molecule has 0 aromatic heterocycles. The van der Waals surface area contributed by atoms with Gasteiger partial charge in [-0.05, 0) is 99.5 Å². The quantitative estimate of drug-likeness (QED) is 0.111. The second kappa shape index (κ2) is 13.1. The summed E-state index contributed by atoms with van der Waals surface area (Å²) < 4.78 is 0. The van der Waals surface area contributed by atoms with Gasteiger partial charge in [-0.2, -0.15) is 0 Å². The lowest BCUT2D eigenvalue weighted by Crippen LogP contribution is -1.98. The SMILES string of the molecule is C=C(/C=C(\N=C(C)c1cc(-c2ccccc2)cc(-c2ccccc2)c1)c1cccc(-c2cccc(N)c2)c1)c1ccccc1. The van der Waals surface area contributed by atoms with E-state index in [-0.39, 0.29) is 0 Å². The van der Waals surface area contributed by atoms with Gasteiger partial charge in [-0.15, -0.1) is 0 Å². The van der Waals surface area contributed by atoms with Crippen LogP contribution in [0.25, 0.3) is 44.7 Å². The molecule has 0 heterocycles. The summed E-state index contributed by atoms with van der Waals surface area (Å²) in [4.78, 5) is 5.30. The van der Waals surface area contributed by atoms with Crippen LogP contribution in [0, 0.1) is 0 Å². The van der Waals surface area contributed by atoms with E-state index in [9.17, 15) is 0 Å². The summed E-state index contributed by atoms with van der Waals surface area (Å²) in [6.45, 7) is 6.49. The number of anilines is 1. The van der Waals surface area contributed by atoms with E-state index in [0.29, 0.717) is 0 Å². The average Bonchev–Trinajstić information content (AvgIpc) is 3.09. The van der Waals surface area contributed by atoms with Crippen LogP contribution in [-0.2, 0) is 0 Å². The van der Waals surface area contributed by atoms with E-state index in [1.54, 1.807) is 0 Å². The molecule has 6 aromatic rings. The van der Waals surface area contributed by atoms with Crippen LogP contribution in [0.1, 0.15) is 23.6 Å². The highest BCUT2D eigenvalue weighted by atomic mass is 14.8. The van der Waals surface area contributed by atoms with E-state index in [1.807, 2.05) is 48.5 Å². The van der Waals surface area contributed by atoms with E-state index in [0.717, 1.165) is 61.6 Å². The molecule has 0 unspecified atom stereocenters. The third-order valence-electron chi connectivity index (χ3n) is 7.69. The summed E-state index contributed by atoms with van der Waals surface area (Å²) in [5.41, 5.74) is 19.4. The zero-order chi connectivity index (χ0) is 30.3. The highest BCUT2D eigenvalue weighted by Gasteiger charge is 2.11. The van der Waals surface area contributed by atoms with Crippen molar-refractivity contribution in [2.45, 2.75) is 6.92 Å². The van der Waals surface area contributed by atoms with Crippen LogP contribution in [0.5, 0.6) is 0 Å². The fraction of sp³-hybridized carbons (Fsp3) is 0.0238. The Kier molecular flexibility index (Phi) is 8.43. The summed E-state index contributed by atoms with van der Waals surface area (Å²) in [6, 6.07) is 54.4. The first kappa shape index (κ1) is 28.4. The van der Waals surface area contributed by atoms with Crippen LogP contribution in [0.4, 0.5) is 5.69 Å². The molecule has 0 saturated heterocycles. The third kappa shape index (κ3) is 6.67. The molecule has 2 heteroatoms. The molecule has 0 aliphatic heterocycles. The second-order valence-electron chi connectivity index (χ2n) is 10.9. The molecule has 2 nitrogen and oxygen atoms in total. The molecule has 0 aliphatic carbocycles. The predicted molar refractivity (Wildman–Crippen MR) is 189 cm³/mol. The largest absolute Gasteiger partial charge is 0.399 e. The van der Waals surface area contributed by atoms with E-state index < -0.39 is 0 Å². The van der Waals surface area contributed by atoms with Crippen molar-refractivity contribution in [2.24, 2.45) is 4.99 Å². The zero-order valence-electron chi connectivity index (χ0n) is 24.8. The normalized spacial score (nSPS) is 11.8. The summed E-state index contributed by atoms with van der Waals surface area (Å²) in [5, 5.41) is 0. The minimum atomic E-state index is 0.738. The van der Waals surface area contributed by atoms with Crippen LogP contribution in [0.15, 0.2) is 175 Å². The van der Waals surface area contributed by atoms with E-state index in [1.165, 1.54) is 11.1 Å². The minimum absolute atomic E-state index is 0.738. The van der Waals surface area contributed by atoms with Crippen LogP contribution in [0.2, 0.25) is 0 Å². The molecule has 6 aromatic carbocycles. The number of hydrogen-bond donors (Lipinski definition) is 1. The smallest absolute Gasteiger partial charge is 0.0711 e. The van der Waals surface area contributed by atoms with Crippen molar-refractivity contribution in [3.63, 3.8) is 0 Å². The molecule has 0 amide bonds. The fourth-order valence-corrected chi connectivity index (χ4v) is 5.33. The molecule has 0 atom stereocenters. The van der Waals surface area contributed by atoms with Crippen LogP contribution in [0.3, 0.4) is 0 Å². The monoisotopic (exact) mass is 566 g/mol. The van der Waals surface area contributed by atoms with Gasteiger partial charge in [-0.3, -0.25) is 4.99 Å². The van der Waals surface area contributed by atoms with Crippen molar-refractivity contribution < 1.29 is 0 Å². The van der Waals surface area contributed by atoms with Gasteiger partial charge in [-0.25, -0.2) is 0 Å². The number of benzene rings is 6. The molecule has 44 heavy (non-hydrogen) atoms. The lowest BCUT2D eigenvalue weighted by atomic mass is 9.94. The maximum Gasteiger partial charge on any atom is 0.0711 e. The number of nitrogen functional groups attached to an aromatic ring is 1. The Hall–Kier alpha value is -5.73. The molecule has 0 spiro atoms. The molecular weight excluding hydrogens is 532 g/mol. The van der Waals surface area contributed by atoms with E-state index in [2.05, 4.69) is 129 Å². The van der Waals surface area contributed by atoms with Crippen molar-refractivity contribution in [2.75, 3.05) is 5.73 Å².